The molecule has 150 valence electrons. The predicted molar refractivity (Wildman–Crippen MR) is 110 cm³/mol. The molecule has 3 rings (SSSR count). The number of pyridine rings is 2. The first-order chi connectivity index (χ1) is 14.0. The van der Waals surface area contributed by atoms with Crippen LogP contribution in [0.2, 0.25) is 0 Å². The molecule has 0 radical (unpaired) electrons. The van der Waals surface area contributed by atoms with Crippen LogP contribution in [0.15, 0.2) is 41.7 Å². The monoisotopic (exact) mass is 397 g/mol. The Morgan fingerprint density at radius 1 is 1.10 bits per heavy atom. The van der Waals surface area contributed by atoms with E-state index < -0.39 is 18.9 Å². The molecule has 0 saturated heterocycles. The van der Waals surface area contributed by atoms with Crippen LogP contribution in [0.4, 0.5) is 20.4 Å². The topological polar surface area (TPSA) is 99.8 Å². The third-order valence-electron chi connectivity index (χ3n) is 4.23. The third-order valence-corrected chi connectivity index (χ3v) is 4.23. The number of hydrogen-bond donors (Lipinski definition) is 2. The van der Waals surface area contributed by atoms with Gasteiger partial charge in [0.05, 0.1) is 29.7 Å². The average Bonchev–Trinajstić information content (AvgIpc) is 2.70. The standard InChI is InChI=1S/C20H21F2N7/c1-12(2)13-6-20(29-26-10-13)28-19-4-3-16-17(27-19)5-14(9-25-16)15(7-23)8-24-11-18(21)22/h3-10,12,15,18,23H,11H2,1-2H3,(H,27,28,29). The highest BCUT2D eigenvalue weighted by Gasteiger charge is 2.10. The molecule has 9 heteroatoms. The van der Waals surface area contributed by atoms with Crippen LogP contribution in [0.25, 0.3) is 11.0 Å². The Kier molecular flexibility index (Phi) is 6.48. The largest absolute Gasteiger partial charge is 0.323 e. The molecule has 0 saturated carbocycles. The van der Waals surface area contributed by atoms with Crippen LogP contribution in [0.1, 0.15) is 36.8 Å². The van der Waals surface area contributed by atoms with Gasteiger partial charge in [-0.2, -0.15) is 5.10 Å². The van der Waals surface area contributed by atoms with Crippen LogP contribution in [0.3, 0.4) is 0 Å². The number of nitrogens with one attached hydrogen (secondary N) is 2. The number of anilines is 2. The molecular formula is C20H21F2N7. The molecule has 0 aliphatic rings. The molecule has 1 unspecified atom stereocenters. The summed E-state index contributed by atoms with van der Waals surface area (Å²) in [5, 5.41) is 18.8. The maximum Gasteiger partial charge on any atom is 0.257 e. The SMILES string of the molecule is CC(C)c1cnnc(Nc2ccc3ncc(C(C=N)C=NCC(F)F)cc3n2)c1. The predicted octanol–water partition coefficient (Wildman–Crippen LogP) is 4.36. The summed E-state index contributed by atoms with van der Waals surface area (Å²) in [5.41, 5.74) is 2.99. The summed E-state index contributed by atoms with van der Waals surface area (Å²) in [4.78, 5) is 12.6. The van der Waals surface area contributed by atoms with Gasteiger partial charge in [-0.25, -0.2) is 13.8 Å². The van der Waals surface area contributed by atoms with Gasteiger partial charge >= 0.3 is 0 Å². The van der Waals surface area contributed by atoms with E-state index >= 15 is 0 Å². The fourth-order valence-corrected chi connectivity index (χ4v) is 2.64. The molecule has 3 aromatic heterocycles. The maximum absolute atomic E-state index is 12.3. The molecule has 0 aliphatic carbocycles. The summed E-state index contributed by atoms with van der Waals surface area (Å²) in [7, 11) is 0. The van der Waals surface area contributed by atoms with E-state index in [2.05, 4.69) is 44.3 Å². The van der Waals surface area contributed by atoms with Crippen LogP contribution in [0.5, 0.6) is 0 Å². The van der Waals surface area contributed by atoms with E-state index in [1.54, 1.807) is 24.5 Å². The Morgan fingerprint density at radius 2 is 1.93 bits per heavy atom. The Labute approximate surface area is 166 Å². The molecule has 0 bridgehead atoms. The zero-order valence-corrected chi connectivity index (χ0v) is 16.0. The first-order valence-corrected chi connectivity index (χ1v) is 9.11. The summed E-state index contributed by atoms with van der Waals surface area (Å²) < 4.78 is 24.6. The Hall–Kier alpha value is -3.36. The molecule has 0 amide bonds. The number of aromatic nitrogens is 4. The van der Waals surface area contributed by atoms with Crippen molar-refractivity contribution >= 4 is 35.1 Å². The lowest BCUT2D eigenvalue weighted by Crippen LogP contribution is -2.05. The second kappa shape index (κ2) is 9.22. The van der Waals surface area contributed by atoms with Gasteiger partial charge in [-0.05, 0) is 41.3 Å². The number of hydrogen-bond acceptors (Lipinski definition) is 7. The van der Waals surface area contributed by atoms with Gasteiger partial charge in [0.25, 0.3) is 6.43 Å². The van der Waals surface area contributed by atoms with Crippen LogP contribution < -0.4 is 5.32 Å². The fourth-order valence-electron chi connectivity index (χ4n) is 2.64. The molecular weight excluding hydrogens is 376 g/mol. The lowest BCUT2D eigenvalue weighted by molar-refractivity contribution is 0.159. The first-order valence-electron chi connectivity index (χ1n) is 9.11. The van der Waals surface area contributed by atoms with Gasteiger partial charge in [-0.1, -0.05) is 13.8 Å². The lowest BCUT2D eigenvalue weighted by atomic mass is 10.0. The second-order valence-electron chi connectivity index (χ2n) is 6.75. The van der Waals surface area contributed by atoms with E-state index in [0.717, 1.165) is 11.8 Å². The van der Waals surface area contributed by atoms with E-state index in [1.807, 2.05) is 12.1 Å². The van der Waals surface area contributed by atoms with Crippen LogP contribution in [-0.2, 0) is 0 Å². The van der Waals surface area contributed by atoms with E-state index in [4.69, 9.17) is 5.41 Å². The number of nitrogens with zero attached hydrogens (tertiary/aromatic N) is 5. The van der Waals surface area contributed by atoms with Gasteiger partial charge in [0.2, 0.25) is 0 Å². The van der Waals surface area contributed by atoms with E-state index in [-0.39, 0.29) is 0 Å². The molecule has 0 spiro atoms. The minimum absolute atomic E-state index is 0.326. The highest BCUT2D eigenvalue weighted by molar-refractivity contribution is 5.90. The molecule has 0 fully saturated rings. The average molecular weight is 397 g/mol. The molecule has 3 aromatic rings. The van der Waals surface area contributed by atoms with Crippen molar-refractivity contribution < 1.29 is 8.78 Å². The lowest BCUT2D eigenvalue weighted by Gasteiger charge is -2.10. The molecule has 3 heterocycles. The molecule has 0 aromatic carbocycles. The summed E-state index contributed by atoms with van der Waals surface area (Å²) in [6.45, 7) is 3.56. The molecule has 7 nitrogen and oxygen atoms in total. The normalized spacial score (nSPS) is 12.8. The number of fused-ring (bicyclic) bond motifs is 1. The van der Waals surface area contributed by atoms with Gasteiger partial charge in [0, 0.05) is 18.6 Å². The summed E-state index contributed by atoms with van der Waals surface area (Å²) in [6, 6.07) is 7.30. The fraction of sp³-hybridized carbons (Fsp3) is 0.300. The van der Waals surface area contributed by atoms with Gasteiger partial charge in [0.1, 0.15) is 5.82 Å². The highest BCUT2D eigenvalue weighted by Crippen LogP contribution is 2.21. The summed E-state index contributed by atoms with van der Waals surface area (Å²) in [6.07, 6.45) is 3.27. The summed E-state index contributed by atoms with van der Waals surface area (Å²) >= 11 is 0. The van der Waals surface area contributed by atoms with Gasteiger partial charge in [-0.3, -0.25) is 9.98 Å². The number of alkyl halides is 2. The van der Waals surface area contributed by atoms with Crippen LogP contribution in [0, 0.1) is 5.41 Å². The number of halogens is 2. The first kappa shape index (κ1) is 20.4. The Balaban J connectivity index is 1.86. The van der Waals surface area contributed by atoms with Gasteiger partial charge < -0.3 is 10.7 Å². The van der Waals surface area contributed by atoms with Crippen molar-refractivity contribution in [3.05, 3.63) is 47.8 Å². The number of aliphatic imine (C=N–C) groups is 1. The zero-order valence-electron chi connectivity index (χ0n) is 16.0. The van der Waals surface area contributed by atoms with Crippen molar-refractivity contribution in [1.29, 1.82) is 5.41 Å². The minimum atomic E-state index is -2.51. The summed E-state index contributed by atoms with van der Waals surface area (Å²) in [5.74, 6) is 0.943. The number of rotatable bonds is 8. The molecule has 0 aliphatic heterocycles. The molecule has 29 heavy (non-hydrogen) atoms. The van der Waals surface area contributed by atoms with E-state index in [0.29, 0.717) is 34.2 Å². The smallest absolute Gasteiger partial charge is 0.257 e. The Bertz CT molecular complexity index is 1020. The van der Waals surface area contributed by atoms with Gasteiger partial charge in [-0.15, -0.1) is 5.10 Å². The Morgan fingerprint density at radius 3 is 2.66 bits per heavy atom. The van der Waals surface area contributed by atoms with E-state index in [9.17, 15) is 8.78 Å². The van der Waals surface area contributed by atoms with Crippen LogP contribution in [-0.4, -0.2) is 45.6 Å². The van der Waals surface area contributed by atoms with Crippen molar-refractivity contribution in [2.45, 2.75) is 32.1 Å². The minimum Gasteiger partial charge on any atom is -0.323 e. The third kappa shape index (κ3) is 5.34. The van der Waals surface area contributed by atoms with Crippen molar-refractivity contribution in [3.63, 3.8) is 0 Å². The van der Waals surface area contributed by atoms with E-state index in [1.165, 1.54) is 6.21 Å². The second-order valence-corrected chi connectivity index (χ2v) is 6.75. The molecule has 2 N–H and O–H groups in total. The van der Waals surface area contributed by atoms with Crippen molar-refractivity contribution in [3.8, 4) is 0 Å². The van der Waals surface area contributed by atoms with Crippen LogP contribution >= 0.6 is 0 Å². The van der Waals surface area contributed by atoms with Crippen molar-refractivity contribution in [2.24, 2.45) is 4.99 Å². The van der Waals surface area contributed by atoms with Crippen molar-refractivity contribution in [2.75, 3.05) is 11.9 Å². The zero-order chi connectivity index (χ0) is 20.8. The van der Waals surface area contributed by atoms with Crippen molar-refractivity contribution in [1.82, 2.24) is 20.2 Å². The quantitative estimate of drug-likeness (QED) is 0.550. The highest BCUT2D eigenvalue weighted by atomic mass is 19.3. The maximum atomic E-state index is 12.3. The van der Waals surface area contributed by atoms with Gasteiger partial charge in [0.15, 0.2) is 5.82 Å². The molecule has 1 atom stereocenters.